The van der Waals surface area contributed by atoms with Crippen LogP contribution in [-0.4, -0.2) is 22.1 Å². The van der Waals surface area contributed by atoms with Crippen LogP contribution in [0.15, 0.2) is 23.8 Å². The highest BCUT2D eigenvalue weighted by Gasteiger charge is 2.31. The van der Waals surface area contributed by atoms with Crippen LogP contribution in [0.1, 0.15) is 50.0 Å². The van der Waals surface area contributed by atoms with Gasteiger partial charge in [0.05, 0.1) is 12.7 Å². The molecule has 4 nitrogen and oxygen atoms in total. The number of Topliss-reactive ketones (excluding diaryl/α,β-unsaturated/α-hetero) is 1. The molecule has 0 spiro atoms. The summed E-state index contributed by atoms with van der Waals surface area (Å²) in [6.45, 7) is 5.76. The Morgan fingerprint density at radius 3 is 2.76 bits per heavy atom. The lowest BCUT2D eigenvalue weighted by atomic mass is 9.92. The number of aromatic hydroxyl groups is 1. The minimum Gasteiger partial charge on any atom is -0.508 e. The molecular formula is C17H22O4. The van der Waals surface area contributed by atoms with Crippen LogP contribution in [0.25, 0.3) is 0 Å². The number of allylic oxidation sites excluding steroid dienone is 2. The lowest BCUT2D eigenvalue weighted by Crippen LogP contribution is -2.20. The van der Waals surface area contributed by atoms with Crippen LogP contribution in [0.4, 0.5) is 0 Å². The van der Waals surface area contributed by atoms with E-state index in [1.807, 2.05) is 19.9 Å². The van der Waals surface area contributed by atoms with Gasteiger partial charge in [-0.3, -0.25) is 4.79 Å². The molecule has 21 heavy (non-hydrogen) atoms. The first kappa shape index (κ1) is 15.7. The summed E-state index contributed by atoms with van der Waals surface area (Å²) in [6, 6.07) is 3.57. The van der Waals surface area contributed by atoms with Crippen molar-refractivity contribution < 1.29 is 19.7 Å². The van der Waals surface area contributed by atoms with Crippen molar-refractivity contribution >= 4 is 5.78 Å². The van der Waals surface area contributed by atoms with Crippen LogP contribution in [0.2, 0.25) is 0 Å². The maximum absolute atomic E-state index is 11.2. The Morgan fingerprint density at radius 1 is 1.43 bits per heavy atom. The molecule has 0 saturated carbocycles. The fourth-order valence-corrected chi connectivity index (χ4v) is 2.57. The number of benzene rings is 1. The van der Waals surface area contributed by atoms with E-state index >= 15 is 0 Å². The Hall–Kier alpha value is -1.65. The molecule has 0 aliphatic carbocycles. The highest BCUT2D eigenvalue weighted by atomic mass is 16.5. The standard InChI is InChI=1S/C17H22O4/c1-10(2)4-5-12-6-7-14(19)13-9-21-16(17(12)13)8-15(20)11(3)18/h4,6-7,15-16,19-20H,5,8-9H2,1-3H3/t15-,16+/m1/s1. The van der Waals surface area contributed by atoms with Crippen molar-refractivity contribution in [3.05, 3.63) is 40.5 Å². The molecule has 0 saturated heterocycles. The van der Waals surface area contributed by atoms with E-state index in [-0.39, 0.29) is 24.1 Å². The maximum Gasteiger partial charge on any atom is 0.158 e. The van der Waals surface area contributed by atoms with Crippen LogP contribution < -0.4 is 0 Å². The predicted octanol–water partition coefficient (Wildman–Crippen LogP) is 2.81. The van der Waals surface area contributed by atoms with Crippen molar-refractivity contribution in [3.8, 4) is 5.75 Å². The van der Waals surface area contributed by atoms with E-state index in [0.717, 1.165) is 23.1 Å². The van der Waals surface area contributed by atoms with Crippen LogP contribution in [-0.2, 0) is 22.6 Å². The normalized spacial score (nSPS) is 18.2. The Labute approximate surface area is 125 Å². The highest BCUT2D eigenvalue weighted by Crippen LogP contribution is 2.41. The Morgan fingerprint density at radius 2 is 2.14 bits per heavy atom. The summed E-state index contributed by atoms with van der Waals surface area (Å²) < 4.78 is 5.68. The summed E-state index contributed by atoms with van der Waals surface area (Å²) in [7, 11) is 0. The summed E-state index contributed by atoms with van der Waals surface area (Å²) in [5.74, 6) is -0.0520. The van der Waals surface area contributed by atoms with E-state index in [1.54, 1.807) is 6.07 Å². The Kier molecular flexibility index (Phi) is 4.80. The molecule has 114 valence electrons. The van der Waals surface area contributed by atoms with Crippen molar-refractivity contribution in [2.45, 2.75) is 52.4 Å². The number of ketones is 1. The first-order valence-electron chi connectivity index (χ1n) is 7.17. The number of phenols is 1. The zero-order valence-electron chi connectivity index (χ0n) is 12.7. The van der Waals surface area contributed by atoms with Crippen LogP contribution in [0.3, 0.4) is 0 Å². The van der Waals surface area contributed by atoms with Gasteiger partial charge in [-0.1, -0.05) is 17.7 Å². The molecule has 1 aliphatic heterocycles. The number of aliphatic hydroxyl groups excluding tert-OH is 1. The van der Waals surface area contributed by atoms with E-state index < -0.39 is 6.10 Å². The molecule has 0 radical (unpaired) electrons. The number of rotatable bonds is 5. The van der Waals surface area contributed by atoms with Gasteiger partial charge in [0.15, 0.2) is 5.78 Å². The molecule has 1 aliphatic rings. The van der Waals surface area contributed by atoms with Gasteiger partial charge in [-0.2, -0.15) is 0 Å². The van der Waals surface area contributed by atoms with E-state index in [9.17, 15) is 15.0 Å². The molecule has 2 atom stereocenters. The second kappa shape index (κ2) is 6.41. The van der Waals surface area contributed by atoms with Crippen molar-refractivity contribution in [1.29, 1.82) is 0 Å². The second-order valence-corrected chi connectivity index (χ2v) is 5.78. The summed E-state index contributed by atoms with van der Waals surface area (Å²) in [4.78, 5) is 11.2. The Bertz CT molecular complexity index is 570. The largest absolute Gasteiger partial charge is 0.508 e. The molecule has 2 rings (SSSR count). The minimum atomic E-state index is -1.03. The average Bonchev–Trinajstić information content (AvgIpc) is 2.83. The Balaban J connectivity index is 2.32. The molecule has 0 aromatic heterocycles. The zero-order valence-corrected chi connectivity index (χ0v) is 12.7. The van der Waals surface area contributed by atoms with E-state index in [4.69, 9.17) is 4.74 Å². The van der Waals surface area contributed by atoms with Crippen molar-refractivity contribution in [3.63, 3.8) is 0 Å². The molecule has 2 N–H and O–H groups in total. The third kappa shape index (κ3) is 3.52. The van der Waals surface area contributed by atoms with Crippen molar-refractivity contribution in [2.75, 3.05) is 0 Å². The van der Waals surface area contributed by atoms with E-state index in [1.165, 1.54) is 12.5 Å². The van der Waals surface area contributed by atoms with E-state index in [2.05, 4.69) is 6.08 Å². The number of hydrogen-bond donors (Lipinski definition) is 2. The fraction of sp³-hybridized carbons (Fsp3) is 0.471. The maximum atomic E-state index is 11.2. The molecule has 0 bridgehead atoms. The van der Waals surface area contributed by atoms with Gasteiger partial charge in [0.2, 0.25) is 0 Å². The van der Waals surface area contributed by atoms with Gasteiger partial charge < -0.3 is 14.9 Å². The first-order valence-corrected chi connectivity index (χ1v) is 7.17. The van der Waals surface area contributed by atoms with Gasteiger partial charge >= 0.3 is 0 Å². The molecular weight excluding hydrogens is 268 g/mol. The second-order valence-electron chi connectivity index (χ2n) is 5.78. The van der Waals surface area contributed by atoms with E-state index in [0.29, 0.717) is 6.61 Å². The summed E-state index contributed by atoms with van der Waals surface area (Å²) in [5, 5.41) is 19.8. The smallest absolute Gasteiger partial charge is 0.158 e. The summed E-state index contributed by atoms with van der Waals surface area (Å²) in [6.07, 6.45) is 1.73. The molecule has 0 fully saturated rings. The van der Waals surface area contributed by atoms with Gasteiger partial charge in [-0.05, 0) is 44.4 Å². The number of phenolic OH excluding ortho intramolecular Hbond substituents is 1. The third-order valence-corrected chi connectivity index (χ3v) is 3.81. The molecule has 0 unspecified atom stereocenters. The first-order chi connectivity index (χ1) is 9.90. The number of carbonyl (C=O) groups is 1. The minimum absolute atomic E-state index is 0.214. The SMILES string of the molecule is CC(=O)[C@H](O)C[C@@H]1OCc2c(O)ccc(CC=C(C)C)c21. The highest BCUT2D eigenvalue weighted by molar-refractivity contribution is 5.80. The number of aliphatic hydroxyl groups is 1. The average molecular weight is 290 g/mol. The number of carbonyl (C=O) groups excluding carboxylic acids is 1. The predicted molar refractivity (Wildman–Crippen MR) is 80.1 cm³/mol. The summed E-state index contributed by atoms with van der Waals surface area (Å²) >= 11 is 0. The van der Waals surface area contributed by atoms with Crippen molar-refractivity contribution in [1.82, 2.24) is 0 Å². The number of ether oxygens (including phenoxy) is 1. The van der Waals surface area contributed by atoms with Crippen LogP contribution in [0.5, 0.6) is 5.75 Å². The topological polar surface area (TPSA) is 66.8 Å². The number of fused-ring (bicyclic) bond motifs is 1. The molecule has 1 aromatic rings. The third-order valence-electron chi connectivity index (χ3n) is 3.81. The van der Waals surface area contributed by atoms with Gasteiger partial charge in [0.25, 0.3) is 0 Å². The van der Waals surface area contributed by atoms with Gasteiger partial charge in [-0.15, -0.1) is 0 Å². The lowest BCUT2D eigenvalue weighted by molar-refractivity contribution is -0.126. The van der Waals surface area contributed by atoms with Crippen molar-refractivity contribution in [2.24, 2.45) is 0 Å². The lowest BCUT2D eigenvalue weighted by Gasteiger charge is -2.17. The fourth-order valence-electron chi connectivity index (χ4n) is 2.57. The molecule has 1 heterocycles. The molecule has 4 heteroatoms. The van der Waals surface area contributed by atoms with Gasteiger partial charge in [0.1, 0.15) is 11.9 Å². The van der Waals surface area contributed by atoms with Crippen LogP contribution >= 0.6 is 0 Å². The molecule has 0 amide bonds. The zero-order chi connectivity index (χ0) is 15.6. The summed E-state index contributed by atoms with van der Waals surface area (Å²) in [5.41, 5.74) is 3.99. The molecule has 1 aromatic carbocycles. The number of hydrogen-bond acceptors (Lipinski definition) is 4. The monoisotopic (exact) mass is 290 g/mol. The quantitative estimate of drug-likeness (QED) is 0.818. The van der Waals surface area contributed by atoms with Crippen LogP contribution in [0, 0.1) is 0 Å². The van der Waals surface area contributed by atoms with Gasteiger partial charge in [0, 0.05) is 12.0 Å². The van der Waals surface area contributed by atoms with Gasteiger partial charge in [-0.25, -0.2) is 0 Å².